The number of hydrazone groups is 1. The molecule has 9 heteroatoms. The van der Waals surface area contributed by atoms with E-state index in [0.717, 1.165) is 12.0 Å². The molecule has 2 N–H and O–H groups in total. The van der Waals surface area contributed by atoms with Crippen molar-refractivity contribution < 1.29 is 18.7 Å². The maximum Gasteiger partial charge on any atom is 0.291 e. The van der Waals surface area contributed by atoms with E-state index in [4.69, 9.17) is 20.8 Å². The van der Waals surface area contributed by atoms with Gasteiger partial charge >= 0.3 is 0 Å². The van der Waals surface area contributed by atoms with Crippen LogP contribution in [0.5, 0.6) is 11.5 Å². The van der Waals surface area contributed by atoms with Crippen LogP contribution in [0, 0.1) is 6.92 Å². The third kappa shape index (κ3) is 5.51. The van der Waals surface area contributed by atoms with Gasteiger partial charge in [0, 0.05) is 27.0 Å². The number of hydrogen-bond donors (Lipinski definition) is 2. The van der Waals surface area contributed by atoms with Gasteiger partial charge in [0.25, 0.3) is 11.8 Å². The number of ether oxygens (including phenoxy) is 1. The summed E-state index contributed by atoms with van der Waals surface area (Å²) in [6.45, 7) is 1.81. The van der Waals surface area contributed by atoms with E-state index in [9.17, 15) is 9.59 Å². The highest BCUT2D eigenvalue weighted by atomic mass is 79.9. The molecule has 0 atom stereocenters. The molecule has 0 spiro atoms. The number of anilines is 1. The third-order valence-electron chi connectivity index (χ3n) is 6.10. The fourth-order valence-corrected chi connectivity index (χ4v) is 4.94. The minimum absolute atomic E-state index is 0.173. The van der Waals surface area contributed by atoms with E-state index in [1.807, 2.05) is 43.3 Å². The van der Waals surface area contributed by atoms with Gasteiger partial charge in [-0.05, 0) is 78.2 Å². The molecule has 0 saturated heterocycles. The number of aryl methyl sites for hydroxylation is 1. The molecule has 2 amide bonds. The topological polar surface area (TPSA) is 92.9 Å². The number of hydrogen-bond acceptors (Lipinski definition) is 5. The number of rotatable bonds is 6. The minimum Gasteiger partial charge on any atom is -0.455 e. The molecule has 1 aromatic heterocycles. The van der Waals surface area contributed by atoms with Crippen molar-refractivity contribution in [1.82, 2.24) is 5.43 Å². The van der Waals surface area contributed by atoms with E-state index in [0.29, 0.717) is 62.1 Å². The van der Waals surface area contributed by atoms with E-state index in [-0.39, 0.29) is 11.7 Å². The number of amides is 2. The van der Waals surface area contributed by atoms with Crippen molar-refractivity contribution in [2.75, 3.05) is 5.32 Å². The molecule has 1 aliphatic carbocycles. The second kappa shape index (κ2) is 11.2. The third-order valence-corrected chi connectivity index (χ3v) is 7.03. The molecule has 192 valence electrons. The molecule has 0 saturated carbocycles. The van der Waals surface area contributed by atoms with Crippen LogP contribution in [-0.2, 0) is 6.42 Å². The lowest BCUT2D eigenvalue weighted by molar-refractivity contribution is 0.0952. The smallest absolute Gasteiger partial charge is 0.291 e. The van der Waals surface area contributed by atoms with Gasteiger partial charge in [0.2, 0.25) is 0 Å². The average molecular weight is 593 g/mol. The number of carbonyl (C=O) groups excluding carboxylic acids is 2. The molecule has 5 rings (SSSR count). The number of nitrogens with zero attached hydrogens (tertiary/aromatic N) is 1. The number of carbonyl (C=O) groups is 2. The maximum atomic E-state index is 13.3. The van der Waals surface area contributed by atoms with Crippen LogP contribution in [0.25, 0.3) is 0 Å². The van der Waals surface area contributed by atoms with Crippen molar-refractivity contribution in [3.63, 3.8) is 0 Å². The Hall–Kier alpha value is -3.88. The molecule has 0 unspecified atom stereocenters. The molecule has 38 heavy (non-hydrogen) atoms. The first kappa shape index (κ1) is 25.8. The van der Waals surface area contributed by atoms with E-state index in [1.165, 1.54) is 0 Å². The Labute approximate surface area is 233 Å². The van der Waals surface area contributed by atoms with Gasteiger partial charge in [-0.2, -0.15) is 5.10 Å². The zero-order chi connectivity index (χ0) is 26.6. The fourth-order valence-electron chi connectivity index (χ4n) is 4.30. The zero-order valence-electron chi connectivity index (χ0n) is 20.4. The van der Waals surface area contributed by atoms with Gasteiger partial charge in [0.05, 0.1) is 17.0 Å². The van der Waals surface area contributed by atoms with Crippen molar-refractivity contribution in [2.45, 2.75) is 26.2 Å². The Morgan fingerprint density at radius 2 is 1.76 bits per heavy atom. The van der Waals surface area contributed by atoms with E-state index in [2.05, 4.69) is 31.8 Å². The standard InChI is InChI=1S/C29H23BrClN3O4/c1-17-26-22(33-34-28(35)20-10-5-6-11-21(20)30)12-7-13-25(26)38-27(17)29(36)32-23-16-18(31)14-15-24(23)37-19-8-3-2-4-9-19/h2-6,8-11,14-16H,7,12-13H2,1H3,(H,32,36)(H,34,35)/b33-22+. The summed E-state index contributed by atoms with van der Waals surface area (Å²) in [6, 6.07) is 21.4. The van der Waals surface area contributed by atoms with Crippen LogP contribution in [0.4, 0.5) is 5.69 Å². The van der Waals surface area contributed by atoms with Crippen molar-refractivity contribution >= 4 is 50.7 Å². The summed E-state index contributed by atoms with van der Waals surface area (Å²) in [5, 5.41) is 7.72. The summed E-state index contributed by atoms with van der Waals surface area (Å²) in [5.41, 5.74) is 5.60. The lowest BCUT2D eigenvalue weighted by Crippen LogP contribution is -2.22. The number of furan rings is 1. The summed E-state index contributed by atoms with van der Waals surface area (Å²) in [5.74, 6) is 1.14. The number of para-hydroxylation sites is 1. The van der Waals surface area contributed by atoms with Gasteiger partial charge in [-0.15, -0.1) is 0 Å². The number of nitrogens with one attached hydrogen (secondary N) is 2. The molecule has 1 heterocycles. The molecular weight excluding hydrogens is 570 g/mol. The first-order valence-corrected chi connectivity index (χ1v) is 13.2. The summed E-state index contributed by atoms with van der Waals surface area (Å²) in [7, 11) is 0. The Balaban J connectivity index is 1.39. The van der Waals surface area contributed by atoms with Crippen molar-refractivity contribution in [3.05, 3.63) is 111 Å². The van der Waals surface area contributed by atoms with Gasteiger partial charge in [-0.3, -0.25) is 9.59 Å². The number of fused-ring (bicyclic) bond motifs is 1. The van der Waals surface area contributed by atoms with Gasteiger partial charge in [-0.25, -0.2) is 5.43 Å². The van der Waals surface area contributed by atoms with Crippen molar-refractivity contribution in [3.8, 4) is 11.5 Å². The van der Waals surface area contributed by atoms with Crippen LogP contribution in [0.15, 0.2) is 86.8 Å². The van der Waals surface area contributed by atoms with Gasteiger partial charge in [-0.1, -0.05) is 41.9 Å². The maximum absolute atomic E-state index is 13.3. The predicted octanol–water partition coefficient (Wildman–Crippen LogP) is 7.52. The normalized spacial score (nSPS) is 13.6. The number of halogens is 2. The van der Waals surface area contributed by atoms with Crippen LogP contribution in [0.3, 0.4) is 0 Å². The Bertz CT molecular complexity index is 1550. The van der Waals surface area contributed by atoms with E-state index < -0.39 is 5.91 Å². The quantitative estimate of drug-likeness (QED) is 0.227. The molecule has 0 fully saturated rings. The van der Waals surface area contributed by atoms with Crippen LogP contribution < -0.4 is 15.5 Å². The fraction of sp³-hybridized carbons (Fsp3) is 0.138. The first-order valence-electron chi connectivity index (χ1n) is 12.0. The summed E-state index contributed by atoms with van der Waals surface area (Å²) in [4.78, 5) is 26.0. The molecular formula is C29H23BrClN3O4. The molecule has 1 aliphatic rings. The highest BCUT2D eigenvalue weighted by Crippen LogP contribution is 2.34. The van der Waals surface area contributed by atoms with E-state index in [1.54, 1.807) is 36.4 Å². The summed E-state index contributed by atoms with van der Waals surface area (Å²) < 4.78 is 12.7. The van der Waals surface area contributed by atoms with Crippen LogP contribution >= 0.6 is 27.5 Å². The Morgan fingerprint density at radius 1 is 1.00 bits per heavy atom. The number of benzene rings is 3. The van der Waals surface area contributed by atoms with E-state index >= 15 is 0 Å². The van der Waals surface area contributed by atoms with Gasteiger partial charge in [0.1, 0.15) is 11.5 Å². The van der Waals surface area contributed by atoms with Crippen LogP contribution in [0.2, 0.25) is 5.02 Å². The monoisotopic (exact) mass is 591 g/mol. The molecule has 0 aliphatic heterocycles. The Kier molecular flexibility index (Phi) is 7.62. The van der Waals surface area contributed by atoms with Crippen LogP contribution in [-0.4, -0.2) is 17.5 Å². The molecule has 3 aromatic carbocycles. The highest BCUT2D eigenvalue weighted by molar-refractivity contribution is 9.10. The van der Waals surface area contributed by atoms with Gasteiger partial charge in [0.15, 0.2) is 11.5 Å². The van der Waals surface area contributed by atoms with Crippen molar-refractivity contribution in [1.29, 1.82) is 0 Å². The second-order valence-electron chi connectivity index (χ2n) is 8.70. The second-order valence-corrected chi connectivity index (χ2v) is 9.99. The highest BCUT2D eigenvalue weighted by Gasteiger charge is 2.28. The first-order chi connectivity index (χ1) is 18.4. The average Bonchev–Trinajstić information content (AvgIpc) is 3.27. The largest absolute Gasteiger partial charge is 0.455 e. The summed E-state index contributed by atoms with van der Waals surface area (Å²) in [6.07, 6.45) is 2.10. The zero-order valence-corrected chi connectivity index (χ0v) is 22.7. The minimum atomic E-state index is -0.436. The lowest BCUT2D eigenvalue weighted by Gasteiger charge is -2.13. The molecule has 4 aromatic rings. The van der Waals surface area contributed by atoms with Crippen LogP contribution in [0.1, 0.15) is 50.6 Å². The van der Waals surface area contributed by atoms with Crippen molar-refractivity contribution in [2.24, 2.45) is 5.10 Å². The molecule has 0 bridgehead atoms. The van der Waals surface area contributed by atoms with Gasteiger partial charge < -0.3 is 14.5 Å². The Morgan fingerprint density at radius 3 is 2.55 bits per heavy atom. The lowest BCUT2D eigenvalue weighted by atomic mass is 9.93. The molecule has 0 radical (unpaired) electrons. The molecule has 7 nitrogen and oxygen atoms in total. The SMILES string of the molecule is Cc1c(C(=O)Nc2cc(Cl)ccc2Oc2ccccc2)oc2c1/C(=N/NC(=O)c1ccccc1Br)CCC2. The predicted molar refractivity (Wildman–Crippen MR) is 150 cm³/mol. The summed E-state index contributed by atoms with van der Waals surface area (Å²) >= 11 is 9.60.